The molecule has 6 heteroatoms. The Kier molecular flexibility index (Phi) is 0.583. The smallest absolute Gasteiger partial charge is 0.195 e. The van der Waals surface area contributed by atoms with Crippen LogP contribution in [0.25, 0.3) is 5.65 Å². The molecular weight excluding hydrogens is 120 g/mol. The summed E-state index contributed by atoms with van der Waals surface area (Å²) in [6.07, 6.45) is 1.50. The molecule has 0 radical (unpaired) electrons. The average Bonchev–Trinajstić information content (AvgIpc) is 2.35. The van der Waals surface area contributed by atoms with Gasteiger partial charge in [-0.2, -0.15) is 9.61 Å². The van der Waals surface area contributed by atoms with Crippen LogP contribution in [-0.4, -0.2) is 25.0 Å². The zero-order valence-electron chi connectivity index (χ0n) is 4.44. The maximum atomic E-state index is 5.35. The molecule has 2 aromatic heterocycles. The quantitative estimate of drug-likeness (QED) is 0.473. The Morgan fingerprint density at radius 1 is 1.67 bits per heavy atom. The molecule has 0 saturated carbocycles. The third-order valence-electron chi connectivity index (χ3n) is 1.06. The molecule has 2 aromatic rings. The molecule has 6 nitrogen and oxygen atoms in total. The highest BCUT2D eigenvalue weighted by Crippen LogP contribution is 2.01. The second-order valence-corrected chi connectivity index (χ2v) is 1.62. The van der Waals surface area contributed by atoms with E-state index in [4.69, 9.17) is 5.73 Å². The number of nitrogens with two attached hydrogens (primary N) is 1. The lowest BCUT2D eigenvalue weighted by Gasteiger charge is -1.73. The van der Waals surface area contributed by atoms with E-state index < -0.39 is 0 Å². The normalized spacial score (nSPS) is 10.7. The fourth-order valence-electron chi connectivity index (χ4n) is 0.640. The van der Waals surface area contributed by atoms with Crippen LogP contribution >= 0.6 is 0 Å². The SMILES string of the molecule is Nc1nnn2cn[nH]c12. The highest BCUT2D eigenvalue weighted by molar-refractivity contribution is 5.56. The Bertz CT molecular complexity index is 317. The Morgan fingerprint density at radius 3 is 3.33 bits per heavy atom. The molecule has 46 valence electrons. The van der Waals surface area contributed by atoms with Gasteiger partial charge in [-0.3, -0.25) is 5.10 Å². The summed E-state index contributed by atoms with van der Waals surface area (Å²) in [5, 5.41) is 13.5. The van der Waals surface area contributed by atoms with Gasteiger partial charge >= 0.3 is 0 Å². The minimum atomic E-state index is 0.368. The van der Waals surface area contributed by atoms with Crippen LogP contribution in [-0.2, 0) is 0 Å². The van der Waals surface area contributed by atoms with E-state index in [0.717, 1.165) is 0 Å². The first-order chi connectivity index (χ1) is 4.38. The third kappa shape index (κ3) is 0.411. The molecule has 2 rings (SSSR count). The number of fused-ring (bicyclic) bond motifs is 1. The highest BCUT2D eigenvalue weighted by atomic mass is 15.5. The zero-order valence-corrected chi connectivity index (χ0v) is 4.44. The maximum absolute atomic E-state index is 5.35. The molecule has 9 heavy (non-hydrogen) atoms. The number of aromatic nitrogens is 5. The number of H-pyrrole nitrogens is 1. The fourth-order valence-corrected chi connectivity index (χ4v) is 0.640. The van der Waals surface area contributed by atoms with Crippen LogP contribution in [0.5, 0.6) is 0 Å². The Morgan fingerprint density at radius 2 is 2.56 bits per heavy atom. The molecule has 0 aliphatic rings. The summed E-state index contributed by atoms with van der Waals surface area (Å²) in [7, 11) is 0. The van der Waals surface area contributed by atoms with Crippen LogP contribution in [0.15, 0.2) is 6.33 Å². The molecule has 0 atom stereocenters. The van der Waals surface area contributed by atoms with E-state index in [0.29, 0.717) is 11.5 Å². The summed E-state index contributed by atoms with van der Waals surface area (Å²) in [6.45, 7) is 0. The Labute approximate surface area is 49.7 Å². The number of anilines is 1. The van der Waals surface area contributed by atoms with Gasteiger partial charge in [-0.25, -0.2) is 0 Å². The van der Waals surface area contributed by atoms with Crippen LogP contribution in [0.1, 0.15) is 0 Å². The van der Waals surface area contributed by atoms with Gasteiger partial charge in [-0.15, -0.1) is 5.10 Å². The van der Waals surface area contributed by atoms with Crippen molar-refractivity contribution in [3.63, 3.8) is 0 Å². The number of nitrogen functional groups attached to an aromatic ring is 1. The molecule has 0 aromatic carbocycles. The monoisotopic (exact) mass is 124 g/mol. The summed E-state index contributed by atoms with van der Waals surface area (Å²) >= 11 is 0. The van der Waals surface area contributed by atoms with Crippen molar-refractivity contribution in [1.29, 1.82) is 0 Å². The van der Waals surface area contributed by atoms with Gasteiger partial charge in [0, 0.05) is 0 Å². The van der Waals surface area contributed by atoms with Crippen molar-refractivity contribution in [3.05, 3.63) is 6.33 Å². The van der Waals surface area contributed by atoms with E-state index in [9.17, 15) is 0 Å². The first kappa shape index (κ1) is 4.30. The van der Waals surface area contributed by atoms with Gasteiger partial charge in [0.25, 0.3) is 0 Å². The average molecular weight is 124 g/mol. The Balaban J connectivity index is 2.99. The molecule has 0 aliphatic heterocycles. The van der Waals surface area contributed by atoms with Gasteiger partial charge in [0.2, 0.25) is 0 Å². The topological polar surface area (TPSA) is 84.9 Å². The molecule has 0 bridgehead atoms. The molecule has 0 fully saturated rings. The fraction of sp³-hybridized carbons (Fsp3) is 0. The number of rotatable bonds is 0. The van der Waals surface area contributed by atoms with Crippen LogP contribution in [0, 0.1) is 0 Å². The summed E-state index contributed by atoms with van der Waals surface area (Å²) in [6, 6.07) is 0. The molecule has 3 N–H and O–H groups in total. The van der Waals surface area contributed by atoms with Crippen molar-refractivity contribution in [2.45, 2.75) is 0 Å². The van der Waals surface area contributed by atoms with Gasteiger partial charge in [-0.1, -0.05) is 5.21 Å². The highest BCUT2D eigenvalue weighted by Gasteiger charge is 2.00. The van der Waals surface area contributed by atoms with E-state index >= 15 is 0 Å². The molecule has 0 spiro atoms. The number of hydrogen-bond acceptors (Lipinski definition) is 4. The number of hydrogen-bond donors (Lipinski definition) is 2. The van der Waals surface area contributed by atoms with Crippen molar-refractivity contribution >= 4 is 11.5 Å². The zero-order chi connectivity index (χ0) is 6.27. The predicted octanol–water partition coefficient (Wildman–Crippen LogP) is -0.965. The van der Waals surface area contributed by atoms with Crippen LogP contribution in [0.4, 0.5) is 5.82 Å². The van der Waals surface area contributed by atoms with Crippen molar-refractivity contribution in [1.82, 2.24) is 25.0 Å². The summed E-state index contributed by atoms with van der Waals surface area (Å²) in [5.74, 6) is 0.368. The van der Waals surface area contributed by atoms with Gasteiger partial charge in [-0.05, 0) is 0 Å². The largest absolute Gasteiger partial charge is 0.379 e. The van der Waals surface area contributed by atoms with E-state index in [1.807, 2.05) is 0 Å². The van der Waals surface area contributed by atoms with Gasteiger partial charge in [0.05, 0.1) is 0 Å². The van der Waals surface area contributed by atoms with Gasteiger partial charge in [0.15, 0.2) is 11.5 Å². The van der Waals surface area contributed by atoms with E-state index in [1.165, 1.54) is 10.8 Å². The second-order valence-electron chi connectivity index (χ2n) is 1.62. The van der Waals surface area contributed by atoms with Crippen molar-refractivity contribution in [2.75, 3.05) is 5.73 Å². The van der Waals surface area contributed by atoms with E-state index in [1.54, 1.807) is 0 Å². The number of aromatic amines is 1. The van der Waals surface area contributed by atoms with Crippen LogP contribution in [0.2, 0.25) is 0 Å². The lowest BCUT2D eigenvalue weighted by Crippen LogP contribution is -1.84. The molecule has 0 amide bonds. The number of nitrogens with zero attached hydrogens (tertiary/aromatic N) is 4. The van der Waals surface area contributed by atoms with Gasteiger partial charge < -0.3 is 5.73 Å². The minimum Gasteiger partial charge on any atom is -0.379 e. The van der Waals surface area contributed by atoms with Crippen molar-refractivity contribution in [3.8, 4) is 0 Å². The van der Waals surface area contributed by atoms with Crippen molar-refractivity contribution < 1.29 is 0 Å². The van der Waals surface area contributed by atoms with Gasteiger partial charge in [0.1, 0.15) is 6.33 Å². The first-order valence-electron chi connectivity index (χ1n) is 2.38. The lowest BCUT2D eigenvalue weighted by atomic mass is 10.7. The van der Waals surface area contributed by atoms with E-state index in [-0.39, 0.29) is 0 Å². The summed E-state index contributed by atoms with van der Waals surface area (Å²) in [4.78, 5) is 0. The molecule has 0 saturated heterocycles. The summed E-state index contributed by atoms with van der Waals surface area (Å²) in [5.41, 5.74) is 5.99. The van der Waals surface area contributed by atoms with Crippen molar-refractivity contribution in [2.24, 2.45) is 0 Å². The lowest BCUT2D eigenvalue weighted by molar-refractivity contribution is 0.853. The maximum Gasteiger partial charge on any atom is 0.195 e. The first-order valence-corrected chi connectivity index (χ1v) is 2.38. The molecule has 2 heterocycles. The minimum absolute atomic E-state index is 0.368. The molecule has 0 aliphatic carbocycles. The Hall–Kier alpha value is -1.59. The second kappa shape index (κ2) is 1.22. The predicted molar refractivity (Wildman–Crippen MR) is 29.5 cm³/mol. The molecule has 0 unspecified atom stereocenters. The third-order valence-corrected chi connectivity index (χ3v) is 1.06. The molecular formula is C3H4N6. The van der Waals surface area contributed by atoms with Crippen LogP contribution in [0.3, 0.4) is 0 Å². The van der Waals surface area contributed by atoms with E-state index in [2.05, 4.69) is 20.5 Å². The summed E-state index contributed by atoms with van der Waals surface area (Å²) < 4.78 is 1.47. The number of nitrogens with one attached hydrogen (secondary N) is 1. The standard InChI is InChI=1S/C3H4N6/c4-2-3-7-5-1-9(3)8-6-2/h1,7H,4H2. The van der Waals surface area contributed by atoms with Crippen LogP contribution < -0.4 is 5.73 Å².